The number of halogens is 7. The fraction of sp³-hybridized carbons (Fsp3) is 0.214. The van der Waals surface area contributed by atoms with Gasteiger partial charge in [-0.05, 0) is 43.3 Å². The molecule has 0 aliphatic carbocycles. The number of aromatic nitrogens is 4. The van der Waals surface area contributed by atoms with E-state index in [0.29, 0.717) is 11.8 Å². The van der Waals surface area contributed by atoms with Crippen molar-refractivity contribution in [3.8, 4) is 17.2 Å². The average molecular weight is 668 g/mol. The lowest BCUT2D eigenvalue weighted by Gasteiger charge is -2.20. The summed E-state index contributed by atoms with van der Waals surface area (Å²) in [5.41, 5.74) is 0.0987. The number of aryl methyl sites for hydroxylation is 1. The maximum absolute atomic E-state index is 15.0. The Bertz CT molecular complexity index is 1810. The SMILES string of the molecule is Cc1ccc(N2C(=O)CSC2=NC(=O)Nc2ccc(-c3ncn(-c4ccc(C(F)(F)F)cn4)n3)cc2F)c(COCC(F)(F)F)c1. The molecule has 18 heteroatoms. The van der Waals surface area contributed by atoms with Gasteiger partial charge in [-0.3, -0.25) is 9.69 Å². The molecule has 1 fully saturated rings. The Kier molecular flexibility index (Phi) is 9.11. The number of amidine groups is 1. The summed E-state index contributed by atoms with van der Waals surface area (Å²) in [7, 11) is 0. The van der Waals surface area contributed by atoms with Crippen molar-refractivity contribution in [2.45, 2.75) is 25.9 Å². The number of benzene rings is 2. The topological polar surface area (TPSA) is 115 Å². The number of hydrogen-bond donors (Lipinski definition) is 1. The van der Waals surface area contributed by atoms with Crippen LogP contribution in [0.25, 0.3) is 17.2 Å². The zero-order chi connectivity index (χ0) is 33.2. The van der Waals surface area contributed by atoms with E-state index < -0.39 is 48.9 Å². The number of urea groups is 1. The molecule has 0 unspecified atom stereocenters. The van der Waals surface area contributed by atoms with Gasteiger partial charge in [-0.1, -0.05) is 29.5 Å². The predicted octanol–water partition coefficient (Wildman–Crippen LogP) is 6.54. The van der Waals surface area contributed by atoms with Crippen LogP contribution in [0.5, 0.6) is 0 Å². The second kappa shape index (κ2) is 12.9. The van der Waals surface area contributed by atoms with Gasteiger partial charge < -0.3 is 10.1 Å². The molecular formula is C28H20F7N7O3S. The van der Waals surface area contributed by atoms with Crippen LogP contribution in [0.4, 0.5) is 46.9 Å². The van der Waals surface area contributed by atoms with Gasteiger partial charge in [0, 0.05) is 17.3 Å². The van der Waals surface area contributed by atoms with Crippen LogP contribution in [0.1, 0.15) is 16.7 Å². The van der Waals surface area contributed by atoms with Gasteiger partial charge >= 0.3 is 18.4 Å². The summed E-state index contributed by atoms with van der Waals surface area (Å²) in [6.07, 6.45) is -7.28. The number of nitrogens with zero attached hydrogens (tertiary/aromatic N) is 6. The second-order valence-electron chi connectivity index (χ2n) is 9.69. The third-order valence-electron chi connectivity index (χ3n) is 6.23. The quantitative estimate of drug-likeness (QED) is 0.223. The first-order valence-electron chi connectivity index (χ1n) is 13.0. The Morgan fingerprint density at radius 3 is 2.52 bits per heavy atom. The Morgan fingerprint density at radius 1 is 1.07 bits per heavy atom. The van der Waals surface area contributed by atoms with E-state index in [-0.39, 0.29) is 45.1 Å². The third-order valence-corrected chi connectivity index (χ3v) is 7.16. The number of thioether (sulfide) groups is 1. The van der Waals surface area contributed by atoms with Crippen molar-refractivity contribution in [2.75, 3.05) is 22.6 Å². The number of pyridine rings is 1. The van der Waals surface area contributed by atoms with Crippen LogP contribution in [0, 0.1) is 12.7 Å². The van der Waals surface area contributed by atoms with Gasteiger partial charge in [-0.2, -0.15) is 31.3 Å². The van der Waals surface area contributed by atoms with Crippen molar-refractivity contribution in [1.82, 2.24) is 19.7 Å². The summed E-state index contributed by atoms with van der Waals surface area (Å²) >= 11 is 0.911. The minimum atomic E-state index is -4.56. The van der Waals surface area contributed by atoms with Crippen molar-refractivity contribution >= 4 is 40.2 Å². The zero-order valence-electron chi connectivity index (χ0n) is 23.4. The molecule has 3 amide bonds. The largest absolute Gasteiger partial charge is 0.417 e. The van der Waals surface area contributed by atoms with Crippen molar-refractivity contribution in [1.29, 1.82) is 0 Å². The smallest absolute Gasteiger partial charge is 0.367 e. The van der Waals surface area contributed by atoms with E-state index in [1.54, 1.807) is 19.1 Å². The van der Waals surface area contributed by atoms with Crippen molar-refractivity contribution in [3.05, 3.63) is 83.6 Å². The van der Waals surface area contributed by atoms with Crippen LogP contribution in [0.2, 0.25) is 0 Å². The van der Waals surface area contributed by atoms with Gasteiger partial charge in [0.2, 0.25) is 5.91 Å². The molecular weight excluding hydrogens is 647 g/mol. The van der Waals surface area contributed by atoms with E-state index in [1.807, 2.05) is 0 Å². The number of hydrogen-bond acceptors (Lipinski definition) is 7. The molecule has 5 rings (SSSR count). The predicted molar refractivity (Wildman–Crippen MR) is 153 cm³/mol. The van der Waals surface area contributed by atoms with E-state index in [4.69, 9.17) is 4.74 Å². The summed E-state index contributed by atoms with van der Waals surface area (Å²) in [4.78, 5) is 38.2. The van der Waals surface area contributed by atoms with E-state index in [9.17, 15) is 40.3 Å². The molecule has 1 aliphatic rings. The van der Waals surface area contributed by atoms with Crippen LogP contribution in [-0.2, 0) is 22.3 Å². The maximum Gasteiger partial charge on any atom is 0.417 e. The van der Waals surface area contributed by atoms with E-state index in [2.05, 4.69) is 25.4 Å². The molecule has 4 aromatic rings. The van der Waals surface area contributed by atoms with Gasteiger partial charge in [0.25, 0.3) is 0 Å². The molecule has 10 nitrogen and oxygen atoms in total. The minimum Gasteiger partial charge on any atom is -0.367 e. The summed E-state index contributed by atoms with van der Waals surface area (Å²) < 4.78 is 97.1. The molecule has 0 atom stereocenters. The van der Waals surface area contributed by atoms with Crippen LogP contribution >= 0.6 is 11.8 Å². The molecule has 0 radical (unpaired) electrons. The highest BCUT2D eigenvalue weighted by atomic mass is 32.2. The Labute approximate surface area is 259 Å². The number of alkyl halides is 6. The molecule has 2 aromatic heterocycles. The summed E-state index contributed by atoms with van der Waals surface area (Å²) in [6.45, 7) is -0.251. The first-order valence-corrected chi connectivity index (χ1v) is 14.0. The monoisotopic (exact) mass is 667 g/mol. The fourth-order valence-electron chi connectivity index (χ4n) is 4.19. The lowest BCUT2D eigenvalue weighted by Crippen LogP contribution is -2.31. The summed E-state index contributed by atoms with van der Waals surface area (Å²) in [6, 6.07) is 9.18. The van der Waals surface area contributed by atoms with Gasteiger partial charge in [-0.25, -0.2) is 23.8 Å². The normalized spacial score (nSPS) is 14.7. The highest BCUT2D eigenvalue weighted by Gasteiger charge is 2.33. The van der Waals surface area contributed by atoms with E-state index in [0.717, 1.165) is 39.5 Å². The average Bonchev–Trinajstić information content (AvgIpc) is 3.61. The Hall–Kier alpha value is -4.84. The molecule has 240 valence electrons. The molecule has 3 heterocycles. The molecule has 1 saturated heterocycles. The third kappa shape index (κ3) is 7.68. The van der Waals surface area contributed by atoms with Crippen molar-refractivity contribution in [2.24, 2.45) is 4.99 Å². The van der Waals surface area contributed by atoms with Crippen LogP contribution < -0.4 is 10.2 Å². The number of nitrogens with one attached hydrogen (secondary N) is 1. The molecule has 0 bridgehead atoms. The molecule has 2 aromatic carbocycles. The number of carbonyl (C=O) groups is 2. The van der Waals surface area contributed by atoms with E-state index >= 15 is 0 Å². The fourth-order valence-corrected chi connectivity index (χ4v) is 5.05. The standard InChI is InChI=1S/C28H20F7N7O3S/c1-15-2-6-21(17(8-15)11-45-13-27(30,31)32)42-23(43)12-46-26(42)39-25(44)38-20-5-3-16(9-19(20)29)24-37-14-41(40-24)22-7-4-18(10-36-22)28(33,34)35/h2-10,14H,11-13H2,1H3,(H,38,44). The number of carbonyl (C=O) groups excluding carboxylic acids is 2. The van der Waals surface area contributed by atoms with Gasteiger partial charge in [0.05, 0.1) is 29.3 Å². The highest BCUT2D eigenvalue weighted by Crippen LogP contribution is 2.32. The van der Waals surface area contributed by atoms with E-state index in [1.165, 1.54) is 24.5 Å². The van der Waals surface area contributed by atoms with Crippen LogP contribution in [0.15, 0.2) is 66.0 Å². The molecule has 1 N–H and O–H groups in total. The Balaban J connectivity index is 1.30. The number of ether oxygens (including phenoxy) is 1. The molecule has 1 aliphatic heterocycles. The highest BCUT2D eigenvalue weighted by molar-refractivity contribution is 8.15. The Morgan fingerprint density at radius 2 is 1.85 bits per heavy atom. The number of anilines is 2. The zero-order valence-corrected chi connectivity index (χ0v) is 24.2. The second-order valence-corrected chi connectivity index (χ2v) is 10.6. The number of amides is 3. The first kappa shape index (κ1) is 32.6. The van der Waals surface area contributed by atoms with Crippen molar-refractivity contribution in [3.63, 3.8) is 0 Å². The molecule has 0 spiro atoms. The number of aliphatic imine (C=N–C) groups is 1. The van der Waals surface area contributed by atoms with Gasteiger partial charge in [0.15, 0.2) is 16.8 Å². The first-order chi connectivity index (χ1) is 21.7. The molecule has 0 saturated carbocycles. The lowest BCUT2D eigenvalue weighted by molar-refractivity contribution is -0.176. The number of rotatable bonds is 7. The van der Waals surface area contributed by atoms with Crippen LogP contribution in [0.3, 0.4) is 0 Å². The summed E-state index contributed by atoms with van der Waals surface area (Å²) in [5, 5.41) is 6.31. The summed E-state index contributed by atoms with van der Waals surface area (Å²) in [5.74, 6) is -1.42. The lowest BCUT2D eigenvalue weighted by atomic mass is 10.1. The van der Waals surface area contributed by atoms with Gasteiger partial charge in [-0.15, -0.1) is 5.10 Å². The maximum atomic E-state index is 15.0. The molecule has 46 heavy (non-hydrogen) atoms. The van der Waals surface area contributed by atoms with Crippen molar-refractivity contribution < 1.29 is 45.1 Å². The van der Waals surface area contributed by atoms with Gasteiger partial charge in [0.1, 0.15) is 18.8 Å². The van der Waals surface area contributed by atoms with Crippen LogP contribution in [-0.4, -0.2) is 55.4 Å². The minimum absolute atomic E-state index is 0.0170.